The van der Waals surface area contributed by atoms with Gasteiger partial charge < -0.3 is 0 Å². The number of carbonyl (C=O) groups is 1. The Morgan fingerprint density at radius 2 is 1.15 bits per heavy atom. The molecular formula is C23H31IO3. The molecule has 0 saturated heterocycles. The Bertz CT molecular complexity index is 706. The quantitative estimate of drug-likeness (QED) is 0.572. The third-order valence-corrected chi connectivity index (χ3v) is 8.89. The molecule has 2 rings (SSSR count). The maximum atomic E-state index is 12.1. The molecule has 0 heterocycles. The van der Waals surface area contributed by atoms with Gasteiger partial charge in [-0.25, -0.2) is 0 Å². The molecular weight excluding hydrogens is 451 g/mol. The van der Waals surface area contributed by atoms with Gasteiger partial charge in [0.05, 0.1) is 0 Å². The molecule has 0 aromatic heterocycles. The predicted octanol–water partition coefficient (Wildman–Crippen LogP) is 5.67. The predicted molar refractivity (Wildman–Crippen MR) is 119 cm³/mol. The van der Waals surface area contributed by atoms with Gasteiger partial charge in [0.25, 0.3) is 0 Å². The van der Waals surface area contributed by atoms with E-state index in [0.29, 0.717) is 0 Å². The summed E-state index contributed by atoms with van der Waals surface area (Å²) in [6, 6.07) is 16.7. The molecule has 2 aromatic rings. The van der Waals surface area contributed by atoms with E-state index in [0.717, 1.165) is 7.14 Å². The zero-order valence-electron chi connectivity index (χ0n) is 17.3. The molecule has 1 atom stereocenters. The van der Waals surface area contributed by atoms with E-state index >= 15 is 0 Å². The average Bonchev–Trinajstić information content (AvgIpc) is 2.58. The number of rotatable bonds is 4. The summed E-state index contributed by atoms with van der Waals surface area (Å²) in [4.78, 5) is 12.1. The van der Waals surface area contributed by atoms with Gasteiger partial charge in [0.15, 0.2) is 0 Å². The van der Waals surface area contributed by atoms with Crippen molar-refractivity contribution in [1.82, 2.24) is 0 Å². The fraction of sp³-hybridized carbons (Fsp3) is 0.435. The first kappa shape index (κ1) is 21.9. The summed E-state index contributed by atoms with van der Waals surface area (Å²) >= 11 is -2.44. The van der Waals surface area contributed by atoms with E-state index in [1.54, 1.807) is 0 Å². The van der Waals surface area contributed by atoms with E-state index < -0.39 is 32.3 Å². The van der Waals surface area contributed by atoms with Crippen LogP contribution in [0.4, 0.5) is 0 Å². The first-order valence-electron chi connectivity index (χ1n) is 9.21. The molecule has 148 valence electrons. The van der Waals surface area contributed by atoms with Crippen LogP contribution in [0.15, 0.2) is 48.5 Å². The van der Waals surface area contributed by atoms with E-state index in [9.17, 15) is 9.90 Å². The number of benzene rings is 2. The van der Waals surface area contributed by atoms with Crippen LogP contribution in [0.25, 0.3) is 0 Å². The van der Waals surface area contributed by atoms with Gasteiger partial charge in [-0.05, 0) is 0 Å². The van der Waals surface area contributed by atoms with Gasteiger partial charge in [-0.1, -0.05) is 0 Å². The van der Waals surface area contributed by atoms with Crippen molar-refractivity contribution in [2.75, 3.05) is 0 Å². The van der Waals surface area contributed by atoms with E-state index in [2.05, 4.69) is 90.1 Å². The van der Waals surface area contributed by atoms with Crippen LogP contribution in [0.3, 0.4) is 0 Å². The number of aliphatic hydroxyl groups excluding tert-OH is 1. The van der Waals surface area contributed by atoms with E-state index in [1.165, 1.54) is 18.1 Å². The van der Waals surface area contributed by atoms with Gasteiger partial charge in [-0.15, -0.1) is 0 Å². The topological polar surface area (TPSA) is 46.5 Å². The number of hydrogen-bond donors (Lipinski definition) is 1. The molecule has 2 aromatic carbocycles. The maximum absolute atomic E-state index is 12.1. The Morgan fingerprint density at radius 1 is 0.815 bits per heavy atom. The van der Waals surface area contributed by atoms with Crippen LogP contribution >= 0.6 is 20.2 Å². The third kappa shape index (κ3) is 5.79. The zero-order valence-corrected chi connectivity index (χ0v) is 19.5. The fourth-order valence-corrected chi connectivity index (χ4v) is 6.54. The Labute approximate surface area is 171 Å². The van der Waals surface area contributed by atoms with Crippen LogP contribution in [-0.4, -0.2) is 17.2 Å². The molecule has 0 spiro atoms. The molecule has 3 nitrogen and oxygen atoms in total. The average molecular weight is 482 g/mol. The van der Waals surface area contributed by atoms with Crippen LogP contribution in [0.1, 0.15) is 59.6 Å². The standard InChI is InChI=1S/C23H31IO3/c1-16(25)21(26)27-24(19-12-8-17(9-13-19)22(2,3)4)20-14-10-18(11-15-20)23(5,6)7/h8-16,25H,1-7H3. The molecule has 0 aliphatic rings. The second-order valence-electron chi connectivity index (χ2n) is 8.83. The van der Waals surface area contributed by atoms with E-state index in [4.69, 9.17) is 3.07 Å². The summed E-state index contributed by atoms with van der Waals surface area (Å²) in [6.07, 6.45) is -1.12. The molecule has 0 radical (unpaired) electrons. The molecule has 0 amide bonds. The molecule has 0 bridgehead atoms. The molecule has 0 saturated carbocycles. The summed E-state index contributed by atoms with van der Waals surface area (Å²) in [5.74, 6) is -0.556. The van der Waals surface area contributed by atoms with Crippen molar-refractivity contribution in [3.05, 3.63) is 66.8 Å². The van der Waals surface area contributed by atoms with Crippen molar-refractivity contribution >= 4 is 26.2 Å². The molecule has 0 aliphatic carbocycles. The monoisotopic (exact) mass is 482 g/mol. The van der Waals surface area contributed by atoms with Gasteiger partial charge >= 0.3 is 171 Å². The summed E-state index contributed by atoms with van der Waals surface area (Å²) in [6.45, 7) is 14.5. The van der Waals surface area contributed by atoms with Gasteiger partial charge in [0, 0.05) is 0 Å². The third-order valence-electron chi connectivity index (χ3n) is 4.31. The van der Waals surface area contributed by atoms with Gasteiger partial charge in [0.1, 0.15) is 0 Å². The molecule has 0 aliphatic heterocycles. The van der Waals surface area contributed by atoms with Crippen LogP contribution in [0, 0.1) is 7.14 Å². The normalized spacial score (nSPS) is 13.9. The summed E-state index contributed by atoms with van der Waals surface area (Å²) in [5.41, 5.74) is 2.63. The van der Waals surface area contributed by atoms with Crippen molar-refractivity contribution in [2.45, 2.75) is 65.4 Å². The minimum atomic E-state index is -2.44. The van der Waals surface area contributed by atoms with Crippen molar-refractivity contribution in [3.63, 3.8) is 0 Å². The Hall–Kier alpha value is -1.40. The van der Waals surface area contributed by atoms with Crippen LogP contribution < -0.4 is 0 Å². The van der Waals surface area contributed by atoms with Crippen LogP contribution in [0.5, 0.6) is 0 Å². The zero-order chi connectivity index (χ0) is 20.4. The molecule has 1 N–H and O–H groups in total. The van der Waals surface area contributed by atoms with E-state index in [-0.39, 0.29) is 10.8 Å². The van der Waals surface area contributed by atoms with Gasteiger partial charge in [-0.2, -0.15) is 0 Å². The fourth-order valence-electron chi connectivity index (χ4n) is 2.48. The Kier molecular flexibility index (Phi) is 6.74. The summed E-state index contributed by atoms with van der Waals surface area (Å²) in [7, 11) is 0. The second kappa shape index (κ2) is 8.31. The van der Waals surface area contributed by atoms with Crippen LogP contribution in [0.2, 0.25) is 0 Å². The van der Waals surface area contributed by atoms with E-state index in [1.807, 2.05) is 0 Å². The number of halogens is 1. The number of carbonyl (C=O) groups excluding carboxylic acids is 1. The Morgan fingerprint density at radius 3 is 1.41 bits per heavy atom. The summed E-state index contributed by atoms with van der Waals surface area (Å²) < 4.78 is 7.89. The van der Waals surface area contributed by atoms with Crippen molar-refractivity contribution in [1.29, 1.82) is 0 Å². The number of hydrogen-bond acceptors (Lipinski definition) is 3. The van der Waals surface area contributed by atoms with Gasteiger partial charge in [0.2, 0.25) is 0 Å². The Balaban J connectivity index is 2.41. The molecule has 1 unspecified atom stereocenters. The minimum absolute atomic E-state index is 0.0716. The van der Waals surface area contributed by atoms with Crippen molar-refractivity contribution in [3.8, 4) is 0 Å². The van der Waals surface area contributed by atoms with Crippen molar-refractivity contribution < 1.29 is 13.0 Å². The van der Waals surface area contributed by atoms with Crippen LogP contribution in [-0.2, 0) is 18.7 Å². The number of aliphatic hydroxyl groups is 1. The second-order valence-corrected chi connectivity index (χ2v) is 13.2. The van der Waals surface area contributed by atoms with Crippen molar-refractivity contribution in [2.24, 2.45) is 0 Å². The SMILES string of the molecule is CC(O)C(=O)OI(c1ccc(C(C)(C)C)cc1)c1ccc(C(C)(C)C)cc1. The first-order valence-corrected chi connectivity index (χ1v) is 12.2. The summed E-state index contributed by atoms with van der Waals surface area (Å²) in [5, 5.41) is 9.62. The molecule has 4 heteroatoms. The first-order chi connectivity index (χ1) is 12.4. The molecule has 0 fully saturated rings. The molecule has 27 heavy (non-hydrogen) atoms. The van der Waals surface area contributed by atoms with Gasteiger partial charge in [-0.3, -0.25) is 0 Å².